The summed E-state index contributed by atoms with van der Waals surface area (Å²) < 4.78 is 6.60. The Hall–Kier alpha value is -2.31. The van der Waals surface area contributed by atoms with Gasteiger partial charge in [0.1, 0.15) is 11.4 Å². The van der Waals surface area contributed by atoms with Gasteiger partial charge in [-0.3, -0.25) is 4.79 Å². The highest BCUT2D eigenvalue weighted by Gasteiger charge is 2.34. The molecule has 27 heavy (non-hydrogen) atoms. The molecule has 5 nitrogen and oxygen atoms in total. The number of rotatable bonds is 5. The van der Waals surface area contributed by atoms with E-state index in [1.54, 1.807) is 30.3 Å². The number of hydrogen-bond donors (Lipinski definition) is 1. The number of amides is 3. The number of nitrogens with zero attached hydrogens (tertiary/aromatic N) is 1. The molecular formula is C20H18BrClN2O3. The Labute approximate surface area is 171 Å². The van der Waals surface area contributed by atoms with Crippen molar-refractivity contribution in [2.24, 2.45) is 0 Å². The molecule has 1 atom stereocenters. The van der Waals surface area contributed by atoms with Crippen molar-refractivity contribution in [2.45, 2.75) is 26.4 Å². The molecule has 7 heteroatoms. The third-order valence-electron chi connectivity index (χ3n) is 4.13. The largest absolute Gasteiger partial charge is 0.490 e. The van der Waals surface area contributed by atoms with Crippen molar-refractivity contribution < 1.29 is 14.3 Å². The number of urea groups is 1. The Morgan fingerprint density at radius 2 is 1.93 bits per heavy atom. The van der Waals surface area contributed by atoms with Gasteiger partial charge in [-0.15, -0.1) is 0 Å². The highest BCUT2D eigenvalue weighted by Crippen LogP contribution is 2.29. The lowest BCUT2D eigenvalue weighted by molar-refractivity contribution is -0.113. The predicted octanol–water partition coefficient (Wildman–Crippen LogP) is 5.38. The molecule has 3 rings (SSSR count). The fourth-order valence-corrected chi connectivity index (χ4v) is 3.14. The van der Waals surface area contributed by atoms with E-state index < -0.39 is 11.9 Å². The van der Waals surface area contributed by atoms with Gasteiger partial charge in [-0.25, -0.2) is 9.69 Å². The molecule has 1 N–H and O–H groups in total. The highest BCUT2D eigenvalue weighted by molar-refractivity contribution is 9.10. The molecule has 2 aromatic rings. The van der Waals surface area contributed by atoms with Crippen LogP contribution in [0.25, 0.3) is 6.08 Å². The molecule has 0 radical (unpaired) electrons. The topological polar surface area (TPSA) is 58.6 Å². The number of halogens is 2. The normalized spacial score (nSPS) is 16.6. The lowest BCUT2D eigenvalue weighted by Crippen LogP contribution is -2.30. The minimum atomic E-state index is -0.496. The van der Waals surface area contributed by atoms with Crippen LogP contribution < -0.4 is 15.0 Å². The SMILES string of the molecule is CC[C@H](C)Oc1ccc(/C=C2/NC(=O)N(c3ccc(Cl)cc3)C2=O)cc1Br. The van der Waals surface area contributed by atoms with Gasteiger partial charge in [0.2, 0.25) is 0 Å². The van der Waals surface area contributed by atoms with Crippen LogP contribution in [-0.2, 0) is 4.79 Å². The quantitative estimate of drug-likeness (QED) is 0.493. The minimum absolute atomic E-state index is 0.106. The summed E-state index contributed by atoms with van der Waals surface area (Å²) in [4.78, 5) is 26.0. The van der Waals surface area contributed by atoms with Crippen LogP contribution in [0, 0.1) is 0 Å². The molecule has 0 bridgehead atoms. The monoisotopic (exact) mass is 448 g/mol. The molecule has 1 fully saturated rings. The molecule has 2 aromatic carbocycles. The standard InChI is InChI=1S/C20H18BrClN2O3/c1-3-12(2)27-18-9-4-13(10-16(18)21)11-17-19(25)24(20(26)23-17)15-7-5-14(22)6-8-15/h4-12H,3H2,1-2H3,(H,23,26)/b17-11+/t12-/m0/s1. The van der Waals surface area contributed by atoms with Crippen molar-refractivity contribution >= 4 is 51.2 Å². The van der Waals surface area contributed by atoms with Crippen molar-refractivity contribution in [3.05, 3.63) is 63.2 Å². The van der Waals surface area contributed by atoms with Crippen molar-refractivity contribution in [3.63, 3.8) is 0 Å². The Morgan fingerprint density at radius 1 is 1.22 bits per heavy atom. The zero-order valence-corrected chi connectivity index (χ0v) is 17.2. The van der Waals surface area contributed by atoms with Crippen LogP contribution in [0.15, 0.2) is 52.6 Å². The maximum atomic E-state index is 12.6. The molecule has 1 heterocycles. The van der Waals surface area contributed by atoms with Crippen LogP contribution in [0.5, 0.6) is 5.75 Å². The second-order valence-electron chi connectivity index (χ2n) is 6.13. The van der Waals surface area contributed by atoms with Gasteiger partial charge in [0.25, 0.3) is 5.91 Å². The van der Waals surface area contributed by atoms with Crippen molar-refractivity contribution in [1.29, 1.82) is 0 Å². The molecule has 140 valence electrons. The van der Waals surface area contributed by atoms with Crippen LogP contribution >= 0.6 is 27.5 Å². The van der Waals surface area contributed by atoms with E-state index in [4.69, 9.17) is 16.3 Å². The van der Waals surface area contributed by atoms with Crippen LogP contribution in [0.4, 0.5) is 10.5 Å². The summed E-state index contributed by atoms with van der Waals surface area (Å²) in [6.07, 6.45) is 2.64. The number of carbonyl (C=O) groups is 2. The second-order valence-corrected chi connectivity index (χ2v) is 7.42. The van der Waals surface area contributed by atoms with E-state index in [-0.39, 0.29) is 11.8 Å². The first-order valence-corrected chi connectivity index (χ1v) is 9.65. The number of nitrogens with one attached hydrogen (secondary N) is 1. The molecule has 1 saturated heterocycles. The average Bonchev–Trinajstić information content (AvgIpc) is 2.91. The summed E-state index contributed by atoms with van der Waals surface area (Å²) in [5, 5.41) is 3.14. The summed E-state index contributed by atoms with van der Waals surface area (Å²) in [6, 6.07) is 11.5. The van der Waals surface area contributed by atoms with Gasteiger partial charge in [0.05, 0.1) is 16.3 Å². The number of imide groups is 1. The molecular weight excluding hydrogens is 432 g/mol. The van der Waals surface area contributed by atoms with Crippen LogP contribution in [0.3, 0.4) is 0 Å². The van der Waals surface area contributed by atoms with Crippen molar-refractivity contribution in [3.8, 4) is 5.75 Å². The van der Waals surface area contributed by atoms with Gasteiger partial charge in [0.15, 0.2) is 0 Å². The van der Waals surface area contributed by atoms with E-state index >= 15 is 0 Å². The third-order valence-corrected chi connectivity index (χ3v) is 5.00. The first-order valence-electron chi connectivity index (χ1n) is 8.48. The maximum absolute atomic E-state index is 12.6. The summed E-state index contributed by atoms with van der Waals surface area (Å²) in [5.74, 6) is 0.314. The molecule has 0 saturated carbocycles. The van der Waals surface area contributed by atoms with Gasteiger partial charge in [-0.1, -0.05) is 24.6 Å². The number of carbonyl (C=O) groups excluding carboxylic acids is 2. The summed E-state index contributed by atoms with van der Waals surface area (Å²) in [7, 11) is 0. The molecule has 0 unspecified atom stereocenters. The number of anilines is 1. The number of hydrogen-bond acceptors (Lipinski definition) is 3. The first-order chi connectivity index (χ1) is 12.9. The fraction of sp³-hybridized carbons (Fsp3) is 0.200. The van der Waals surface area contributed by atoms with E-state index in [0.717, 1.165) is 27.1 Å². The highest BCUT2D eigenvalue weighted by atomic mass is 79.9. The van der Waals surface area contributed by atoms with Gasteiger partial charge < -0.3 is 10.1 Å². The molecule has 0 spiro atoms. The maximum Gasteiger partial charge on any atom is 0.333 e. The third kappa shape index (κ3) is 4.34. The second kappa shape index (κ2) is 8.15. The van der Waals surface area contributed by atoms with Crippen LogP contribution in [-0.4, -0.2) is 18.0 Å². The Kier molecular flexibility index (Phi) is 5.87. The number of benzene rings is 2. The Morgan fingerprint density at radius 3 is 2.56 bits per heavy atom. The average molecular weight is 450 g/mol. The molecule has 3 amide bonds. The molecule has 0 aliphatic carbocycles. The van der Waals surface area contributed by atoms with Crippen molar-refractivity contribution in [2.75, 3.05) is 4.90 Å². The van der Waals surface area contributed by atoms with E-state index in [1.807, 2.05) is 25.1 Å². The predicted molar refractivity (Wildman–Crippen MR) is 110 cm³/mol. The summed E-state index contributed by atoms with van der Waals surface area (Å²) in [6.45, 7) is 4.05. The van der Waals surface area contributed by atoms with Gasteiger partial charge in [-0.2, -0.15) is 0 Å². The van der Waals surface area contributed by atoms with Gasteiger partial charge in [-0.05, 0) is 77.3 Å². The van der Waals surface area contributed by atoms with E-state index in [1.165, 1.54) is 0 Å². The zero-order valence-electron chi connectivity index (χ0n) is 14.8. The summed E-state index contributed by atoms with van der Waals surface area (Å²) in [5.41, 5.74) is 1.43. The summed E-state index contributed by atoms with van der Waals surface area (Å²) >= 11 is 9.35. The lowest BCUT2D eigenvalue weighted by Gasteiger charge is -2.14. The van der Waals surface area contributed by atoms with Gasteiger partial charge >= 0.3 is 6.03 Å². The van der Waals surface area contributed by atoms with Gasteiger partial charge in [0, 0.05) is 5.02 Å². The molecule has 0 aromatic heterocycles. The number of ether oxygens (including phenoxy) is 1. The molecule has 1 aliphatic rings. The minimum Gasteiger partial charge on any atom is -0.490 e. The molecule has 1 aliphatic heterocycles. The zero-order chi connectivity index (χ0) is 19.6. The Bertz CT molecular complexity index is 912. The van der Waals surface area contributed by atoms with E-state index in [2.05, 4.69) is 28.2 Å². The van der Waals surface area contributed by atoms with E-state index in [9.17, 15) is 9.59 Å². The Balaban J connectivity index is 1.83. The fourth-order valence-electron chi connectivity index (χ4n) is 2.53. The lowest BCUT2D eigenvalue weighted by atomic mass is 10.1. The van der Waals surface area contributed by atoms with E-state index in [0.29, 0.717) is 10.7 Å². The first kappa shape index (κ1) is 19.5. The smallest absolute Gasteiger partial charge is 0.333 e. The van der Waals surface area contributed by atoms with Crippen LogP contribution in [0.2, 0.25) is 5.02 Å². The van der Waals surface area contributed by atoms with Crippen molar-refractivity contribution in [1.82, 2.24) is 5.32 Å². The van der Waals surface area contributed by atoms with Crippen LogP contribution in [0.1, 0.15) is 25.8 Å².